The Morgan fingerprint density at radius 3 is 1.55 bits per heavy atom. The van der Waals surface area contributed by atoms with Crippen molar-refractivity contribution >= 4 is 0 Å². The van der Waals surface area contributed by atoms with Gasteiger partial charge in [0.15, 0.2) is 0 Å². The Hall–Kier alpha value is 0. The van der Waals surface area contributed by atoms with Gasteiger partial charge in [0.1, 0.15) is 0 Å². The first-order valence-corrected chi connectivity index (χ1v) is 10.6. The van der Waals surface area contributed by atoms with E-state index in [9.17, 15) is 0 Å². The summed E-state index contributed by atoms with van der Waals surface area (Å²) in [5, 5.41) is 0. The normalized spacial score (nSPS) is 41.0. The third-order valence-corrected chi connectivity index (χ3v) is 8.58. The summed E-state index contributed by atoms with van der Waals surface area (Å²) in [6.45, 7) is 7.86. The minimum absolute atomic E-state index is 0.612. The van der Waals surface area contributed by atoms with Crippen LogP contribution in [-0.2, 0) is 0 Å². The molecular weight excluding hydrogens is 264 g/mol. The molecule has 22 heavy (non-hydrogen) atoms. The van der Waals surface area contributed by atoms with E-state index in [-0.39, 0.29) is 0 Å². The average Bonchev–Trinajstić information content (AvgIpc) is 2.81. The fourth-order valence-corrected chi connectivity index (χ4v) is 6.58. The minimum Gasteiger partial charge on any atom is -0.0591 e. The van der Waals surface area contributed by atoms with Crippen LogP contribution in [-0.4, -0.2) is 0 Å². The van der Waals surface area contributed by atoms with E-state index in [1.54, 1.807) is 19.3 Å². The molecule has 0 aromatic rings. The van der Waals surface area contributed by atoms with Crippen molar-refractivity contribution in [2.75, 3.05) is 0 Å². The Labute approximate surface area is 139 Å². The Morgan fingerprint density at radius 1 is 0.636 bits per heavy atom. The van der Waals surface area contributed by atoms with Gasteiger partial charge in [-0.25, -0.2) is 0 Å². The fraction of sp³-hybridized carbons (Fsp3) is 1.00. The number of fused-ring (bicyclic) bond motifs is 2. The Bertz CT molecular complexity index is 343. The van der Waals surface area contributed by atoms with E-state index in [1.807, 2.05) is 0 Å². The molecule has 0 aliphatic heterocycles. The summed E-state index contributed by atoms with van der Waals surface area (Å²) >= 11 is 0. The van der Waals surface area contributed by atoms with Crippen LogP contribution in [0.25, 0.3) is 0 Å². The van der Waals surface area contributed by atoms with E-state index in [0.717, 1.165) is 17.8 Å². The molecule has 0 N–H and O–H groups in total. The topological polar surface area (TPSA) is 0 Å². The summed E-state index contributed by atoms with van der Waals surface area (Å²) in [6.07, 6.45) is 21.2. The zero-order valence-corrected chi connectivity index (χ0v) is 15.6. The standard InChI is InChI=1S/C22H40/c1-21(2)19-15-16-22(21,3)20(17-19)18-13-11-9-7-5-4-6-8-10-12-14-18/h18-20H,4-17H2,1-3H3. The van der Waals surface area contributed by atoms with E-state index >= 15 is 0 Å². The molecule has 3 saturated carbocycles. The molecule has 0 nitrogen and oxygen atoms in total. The minimum atomic E-state index is 0.612. The van der Waals surface area contributed by atoms with Gasteiger partial charge in [-0.3, -0.25) is 0 Å². The first kappa shape index (κ1) is 16.8. The predicted molar refractivity (Wildman–Crippen MR) is 97.0 cm³/mol. The maximum Gasteiger partial charge on any atom is -0.0241 e. The molecule has 2 bridgehead atoms. The molecule has 128 valence electrons. The molecule has 0 amide bonds. The summed E-state index contributed by atoms with van der Waals surface area (Å²) in [6, 6.07) is 0. The second kappa shape index (κ2) is 6.86. The highest BCUT2D eigenvalue weighted by molar-refractivity contribution is 5.11. The highest BCUT2D eigenvalue weighted by Gasteiger charge is 2.62. The van der Waals surface area contributed by atoms with Gasteiger partial charge in [0.05, 0.1) is 0 Å². The number of rotatable bonds is 1. The zero-order chi connectivity index (χ0) is 15.6. The smallest absolute Gasteiger partial charge is 0.0241 e. The van der Waals surface area contributed by atoms with Crippen LogP contribution in [0.3, 0.4) is 0 Å². The third-order valence-electron chi connectivity index (χ3n) is 8.58. The lowest BCUT2D eigenvalue weighted by molar-refractivity contribution is 0.0579. The monoisotopic (exact) mass is 304 g/mol. The van der Waals surface area contributed by atoms with Gasteiger partial charge < -0.3 is 0 Å². The van der Waals surface area contributed by atoms with Crippen LogP contribution >= 0.6 is 0 Å². The maximum absolute atomic E-state index is 2.67. The van der Waals surface area contributed by atoms with Gasteiger partial charge >= 0.3 is 0 Å². The molecule has 3 aliphatic rings. The molecule has 3 fully saturated rings. The summed E-state index contributed by atoms with van der Waals surface area (Å²) in [5.41, 5.74) is 1.26. The molecule has 0 saturated heterocycles. The maximum atomic E-state index is 2.67. The van der Waals surface area contributed by atoms with Crippen molar-refractivity contribution in [1.29, 1.82) is 0 Å². The molecule has 3 rings (SSSR count). The van der Waals surface area contributed by atoms with Crippen molar-refractivity contribution in [1.82, 2.24) is 0 Å². The van der Waals surface area contributed by atoms with Crippen molar-refractivity contribution in [3.05, 3.63) is 0 Å². The van der Waals surface area contributed by atoms with Crippen LogP contribution in [0.2, 0.25) is 0 Å². The van der Waals surface area contributed by atoms with E-state index in [4.69, 9.17) is 0 Å². The highest BCUT2D eigenvalue weighted by Crippen LogP contribution is 2.70. The van der Waals surface area contributed by atoms with Gasteiger partial charge in [-0.1, -0.05) is 91.4 Å². The van der Waals surface area contributed by atoms with Crippen LogP contribution in [0, 0.1) is 28.6 Å². The van der Waals surface area contributed by atoms with Crippen LogP contribution in [0.5, 0.6) is 0 Å². The number of hydrogen-bond acceptors (Lipinski definition) is 0. The average molecular weight is 305 g/mol. The molecule has 0 spiro atoms. The third kappa shape index (κ3) is 3.01. The van der Waals surface area contributed by atoms with Crippen molar-refractivity contribution < 1.29 is 0 Å². The quantitative estimate of drug-likeness (QED) is 0.474. The predicted octanol–water partition coefficient (Wildman–Crippen LogP) is 7.37. The van der Waals surface area contributed by atoms with Gasteiger partial charge in [0.2, 0.25) is 0 Å². The van der Waals surface area contributed by atoms with Gasteiger partial charge in [0.25, 0.3) is 0 Å². The van der Waals surface area contributed by atoms with Crippen molar-refractivity contribution in [3.8, 4) is 0 Å². The van der Waals surface area contributed by atoms with Gasteiger partial charge in [-0.2, -0.15) is 0 Å². The molecule has 0 heterocycles. The van der Waals surface area contributed by atoms with E-state index in [1.165, 1.54) is 70.6 Å². The SMILES string of the molecule is CC1(C)C2CCC1(C)C(C1CCCCCCCCCCC1)C2. The lowest BCUT2D eigenvalue weighted by atomic mass is 9.62. The summed E-state index contributed by atoms with van der Waals surface area (Å²) in [5.74, 6) is 3.13. The molecule has 3 aliphatic carbocycles. The summed E-state index contributed by atoms with van der Waals surface area (Å²) in [7, 11) is 0. The second-order valence-corrected chi connectivity index (χ2v) is 9.74. The Kier molecular flexibility index (Phi) is 5.25. The van der Waals surface area contributed by atoms with Gasteiger partial charge in [-0.05, 0) is 47.8 Å². The molecule has 3 atom stereocenters. The van der Waals surface area contributed by atoms with Crippen molar-refractivity contribution in [2.24, 2.45) is 28.6 Å². The van der Waals surface area contributed by atoms with Crippen molar-refractivity contribution in [3.63, 3.8) is 0 Å². The molecule has 0 aromatic heterocycles. The van der Waals surface area contributed by atoms with Crippen LogP contribution < -0.4 is 0 Å². The summed E-state index contributed by atoms with van der Waals surface area (Å²) < 4.78 is 0. The first-order chi connectivity index (χ1) is 10.6. The van der Waals surface area contributed by atoms with Crippen LogP contribution in [0.4, 0.5) is 0 Å². The summed E-state index contributed by atoms with van der Waals surface area (Å²) in [4.78, 5) is 0. The lowest BCUT2D eigenvalue weighted by Crippen LogP contribution is -2.36. The highest BCUT2D eigenvalue weighted by atomic mass is 14.7. The lowest BCUT2D eigenvalue weighted by Gasteiger charge is -2.43. The van der Waals surface area contributed by atoms with Crippen LogP contribution in [0.15, 0.2) is 0 Å². The van der Waals surface area contributed by atoms with Crippen molar-refractivity contribution in [2.45, 2.75) is 111 Å². The molecule has 0 aromatic carbocycles. The molecule has 3 unspecified atom stereocenters. The first-order valence-electron chi connectivity index (χ1n) is 10.6. The molecule has 0 radical (unpaired) electrons. The molecular formula is C22H40. The Morgan fingerprint density at radius 2 is 1.14 bits per heavy atom. The zero-order valence-electron chi connectivity index (χ0n) is 15.6. The van der Waals surface area contributed by atoms with E-state index in [0.29, 0.717) is 10.8 Å². The Balaban J connectivity index is 1.65. The fourth-order valence-electron chi connectivity index (χ4n) is 6.58. The van der Waals surface area contributed by atoms with Crippen LogP contribution in [0.1, 0.15) is 111 Å². The largest absolute Gasteiger partial charge is 0.0591 e. The van der Waals surface area contributed by atoms with Gasteiger partial charge in [-0.15, -0.1) is 0 Å². The van der Waals surface area contributed by atoms with E-state index in [2.05, 4.69) is 20.8 Å². The number of hydrogen-bond donors (Lipinski definition) is 0. The second-order valence-electron chi connectivity index (χ2n) is 9.74. The van der Waals surface area contributed by atoms with Gasteiger partial charge in [0, 0.05) is 0 Å². The van der Waals surface area contributed by atoms with E-state index < -0.39 is 0 Å². The molecule has 0 heteroatoms.